The van der Waals surface area contributed by atoms with E-state index in [0.29, 0.717) is 5.92 Å². The number of aromatic nitrogens is 1. The maximum absolute atomic E-state index is 5.28. The quantitative estimate of drug-likeness (QED) is 0.744. The zero-order valence-electron chi connectivity index (χ0n) is 7.87. The largest absolute Gasteiger partial charge is 0.463 e. The SMILES string of the molecule is CC(C)c1c[nH]c(-c2ccco2)c1. The van der Waals surface area contributed by atoms with Gasteiger partial charge in [-0.1, -0.05) is 13.8 Å². The van der Waals surface area contributed by atoms with Crippen molar-refractivity contribution in [2.24, 2.45) is 0 Å². The molecule has 0 aliphatic heterocycles. The predicted octanol–water partition coefficient (Wildman–Crippen LogP) is 3.40. The third-order valence-corrected chi connectivity index (χ3v) is 2.16. The number of furan rings is 1. The van der Waals surface area contributed by atoms with Crippen LogP contribution in [0.2, 0.25) is 0 Å². The Labute approximate surface area is 77.6 Å². The van der Waals surface area contributed by atoms with E-state index in [1.165, 1.54) is 5.56 Å². The fraction of sp³-hybridized carbons (Fsp3) is 0.273. The van der Waals surface area contributed by atoms with E-state index in [9.17, 15) is 0 Å². The lowest BCUT2D eigenvalue weighted by molar-refractivity contribution is 0.580. The molecule has 2 heterocycles. The minimum absolute atomic E-state index is 0.556. The molecule has 13 heavy (non-hydrogen) atoms. The first-order valence-corrected chi connectivity index (χ1v) is 4.49. The predicted molar refractivity (Wildman–Crippen MR) is 52.6 cm³/mol. The Kier molecular flexibility index (Phi) is 1.97. The molecule has 0 atom stereocenters. The van der Waals surface area contributed by atoms with E-state index < -0.39 is 0 Å². The van der Waals surface area contributed by atoms with Crippen molar-refractivity contribution in [2.75, 3.05) is 0 Å². The van der Waals surface area contributed by atoms with Gasteiger partial charge in [-0.3, -0.25) is 0 Å². The van der Waals surface area contributed by atoms with E-state index in [1.54, 1.807) is 6.26 Å². The smallest absolute Gasteiger partial charge is 0.150 e. The van der Waals surface area contributed by atoms with Gasteiger partial charge in [0.25, 0.3) is 0 Å². The highest BCUT2D eigenvalue weighted by Gasteiger charge is 2.05. The lowest BCUT2D eigenvalue weighted by Crippen LogP contribution is -1.80. The molecule has 68 valence electrons. The van der Waals surface area contributed by atoms with Crippen LogP contribution in [-0.2, 0) is 0 Å². The standard InChI is InChI=1S/C11H13NO/c1-8(2)9-6-10(12-7-9)11-4-3-5-13-11/h3-8,12H,1-2H3. The molecule has 0 aliphatic rings. The molecule has 2 rings (SSSR count). The fourth-order valence-electron chi connectivity index (χ4n) is 1.32. The van der Waals surface area contributed by atoms with Gasteiger partial charge in [-0.2, -0.15) is 0 Å². The van der Waals surface area contributed by atoms with Crippen molar-refractivity contribution in [3.05, 3.63) is 36.2 Å². The highest BCUT2D eigenvalue weighted by atomic mass is 16.3. The van der Waals surface area contributed by atoms with E-state index in [4.69, 9.17) is 4.42 Å². The second-order valence-electron chi connectivity index (χ2n) is 3.48. The highest BCUT2D eigenvalue weighted by molar-refractivity contribution is 5.53. The number of nitrogens with one attached hydrogen (secondary N) is 1. The summed E-state index contributed by atoms with van der Waals surface area (Å²) in [5.74, 6) is 1.45. The molecule has 0 amide bonds. The average molecular weight is 175 g/mol. The molecule has 2 aromatic heterocycles. The van der Waals surface area contributed by atoms with Crippen LogP contribution in [0.15, 0.2) is 35.1 Å². The molecule has 1 N–H and O–H groups in total. The second-order valence-corrected chi connectivity index (χ2v) is 3.48. The number of H-pyrrole nitrogens is 1. The molecular weight excluding hydrogens is 162 g/mol. The third-order valence-electron chi connectivity index (χ3n) is 2.16. The van der Waals surface area contributed by atoms with Gasteiger partial charge in [-0.15, -0.1) is 0 Å². The van der Waals surface area contributed by atoms with Crippen LogP contribution in [0.3, 0.4) is 0 Å². The van der Waals surface area contributed by atoms with E-state index in [-0.39, 0.29) is 0 Å². The Morgan fingerprint density at radius 1 is 1.38 bits per heavy atom. The summed E-state index contributed by atoms with van der Waals surface area (Å²) in [6.45, 7) is 4.35. The van der Waals surface area contributed by atoms with Gasteiger partial charge in [0.1, 0.15) is 5.76 Å². The molecule has 2 aromatic rings. The maximum Gasteiger partial charge on any atom is 0.150 e. The molecule has 2 nitrogen and oxygen atoms in total. The topological polar surface area (TPSA) is 28.9 Å². The highest BCUT2D eigenvalue weighted by Crippen LogP contribution is 2.23. The van der Waals surface area contributed by atoms with Gasteiger partial charge in [-0.25, -0.2) is 0 Å². The summed E-state index contributed by atoms with van der Waals surface area (Å²) in [7, 11) is 0. The third kappa shape index (κ3) is 1.52. The second kappa shape index (κ2) is 3.13. The fourth-order valence-corrected chi connectivity index (χ4v) is 1.32. The van der Waals surface area contributed by atoms with Crippen LogP contribution in [0.4, 0.5) is 0 Å². The van der Waals surface area contributed by atoms with Crippen molar-refractivity contribution in [1.29, 1.82) is 0 Å². The zero-order chi connectivity index (χ0) is 9.26. The van der Waals surface area contributed by atoms with Gasteiger partial charge in [0.2, 0.25) is 0 Å². The maximum atomic E-state index is 5.28. The van der Waals surface area contributed by atoms with Crippen LogP contribution in [0.1, 0.15) is 25.3 Å². The van der Waals surface area contributed by atoms with Crippen molar-refractivity contribution in [2.45, 2.75) is 19.8 Å². The van der Waals surface area contributed by atoms with Crippen LogP contribution in [0.5, 0.6) is 0 Å². The summed E-state index contributed by atoms with van der Waals surface area (Å²) in [5.41, 5.74) is 2.36. The van der Waals surface area contributed by atoms with Crippen molar-refractivity contribution in [3.63, 3.8) is 0 Å². The lowest BCUT2D eigenvalue weighted by atomic mass is 10.1. The van der Waals surface area contributed by atoms with Crippen molar-refractivity contribution in [1.82, 2.24) is 4.98 Å². The minimum Gasteiger partial charge on any atom is -0.463 e. The molecule has 0 spiro atoms. The van der Waals surface area contributed by atoms with Gasteiger partial charge in [-0.05, 0) is 29.7 Å². The molecule has 0 saturated carbocycles. The van der Waals surface area contributed by atoms with Crippen LogP contribution < -0.4 is 0 Å². The Morgan fingerprint density at radius 2 is 2.23 bits per heavy atom. The Balaban J connectivity index is 2.33. The Morgan fingerprint density at radius 3 is 2.77 bits per heavy atom. The molecule has 0 aliphatic carbocycles. The molecule has 0 radical (unpaired) electrons. The minimum atomic E-state index is 0.556. The molecule has 2 heteroatoms. The summed E-state index contributed by atoms with van der Waals surface area (Å²) in [6.07, 6.45) is 3.72. The van der Waals surface area contributed by atoms with Gasteiger partial charge < -0.3 is 9.40 Å². The average Bonchev–Trinajstić information content (AvgIpc) is 2.75. The first-order chi connectivity index (χ1) is 6.27. The van der Waals surface area contributed by atoms with Crippen molar-refractivity contribution >= 4 is 0 Å². The van der Waals surface area contributed by atoms with E-state index in [0.717, 1.165) is 11.5 Å². The molecule has 0 fully saturated rings. The Hall–Kier alpha value is -1.44. The number of rotatable bonds is 2. The van der Waals surface area contributed by atoms with Gasteiger partial charge >= 0.3 is 0 Å². The van der Waals surface area contributed by atoms with E-state index in [2.05, 4.69) is 24.9 Å². The van der Waals surface area contributed by atoms with Gasteiger partial charge in [0.15, 0.2) is 0 Å². The van der Waals surface area contributed by atoms with E-state index >= 15 is 0 Å². The van der Waals surface area contributed by atoms with Crippen LogP contribution in [0.25, 0.3) is 11.5 Å². The summed E-state index contributed by atoms with van der Waals surface area (Å²) < 4.78 is 5.28. The summed E-state index contributed by atoms with van der Waals surface area (Å²) in [6, 6.07) is 5.98. The molecule has 0 unspecified atom stereocenters. The van der Waals surface area contributed by atoms with Crippen molar-refractivity contribution in [3.8, 4) is 11.5 Å². The van der Waals surface area contributed by atoms with Gasteiger partial charge in [0.05, 0.1) is 12.0 Å². The monoisotopic (exact) mass is 175 g/mol. The normalized spacial score (nSPS) is 11.0. The summed E-state index contributed by atoms with van der Waals surface area (Å²) in [4.78, 5) is 3.20. The zero-order valence-corrected chi connectivity index (χ0v) is 7.87. The number of hydrogen-bond donors (Lipinski definition) is 1. The van der Waals surface area contributed by atoms with E-state index in [1.807, 2.05) is 18.3 Å². The number of hydrogen-bond acceptors (Lipinski definition) is 1. The first kappa shape index (κ1) is 8.17. The Bertz CT molecular complexity index is 370. The first-order valence-electron chi connectivity index (χ1n) is 4.49. The van der Waals surface area contributed by atoms with Crippen LogP contribution >= 0.6 is 0 Å². The molecule has 0 saturated heterocycles. The lowest BCUT2D eigenvalue weighted by Gasteiger charge is -1.96. The van der Waals surface area contributed by atoms with Gasteiger partial charge in [0, 0.05) is 6.20 Å². The van der Waals surface area contributed by atoms with Crippen LogP contribution in [-0.4, -0.2) is 4.98 Å². The number of aromatic amines is 1. The summed E-state index contributed by atoms with van der Waals surface area (Å²) >= 11 is 0. The molecule has 0 aromatic carbocycles. The van der Waals surface area contributed by atoms with Crippen molar-refractivity contribution < 1.29 is 4.42 Å². The van der Waals surface area contributed by atoms with Crippen LogP contribution in [0, 0.1) is 0 Å². The summed E-state index contributed by atoms with van der Waals surface area (Å²) in [5, 5.41) is 0. The molecule has 0 bridgehead atoms. The molecular formula is C11H13NO.